The van der Waals surface area contributed by atoms with Crippen LogP contribution in [0.2, 0.25) is 0 Å². The first-order valence-corrected chi connectivity index (χ1v) is 2.53. The van der Waals surface area contributed by atoms with Gasteiger partial charge in [0.25, 0.3) is 0 Å². The fourth-order valence-corrected chi connectivity index (χ4v) is 0.604. The molecule has 0 aliphatic heterocycles. The van der Waals surface area contributed by atoms with E-state index in [9.17, 15) is 0 Å². The molecule has 0 aliphatic rings. The third-order valence-corrected chi connectivity index (χ3v) is 0.961. The molecule has 0 bridgehead atoms. The Morgan fingerprint density at radius 3 is 2.75 bits per heavy atom. The number of hydrogen-bond acceptors (Lipinski definition) is 1. The molecule has 41 valence electrons. The van der Waals surface area contributed by atoms with E-state index in [-0.39, 0.29) is 0 Å². The van der Waals surface area contributed by atoms with Crippen LogP contribution in [0.3, 0.4) is 0 Å². The lowest BCUT2D eigenvalue weighted by molar-refractivity contribution is 1.19. The van der Waals surface area contributed by atoms with Crippen LogP contribution in [0.4, 0.5) is 0 Å². The zero-order valence-electron chi connectivity index (χ0n) is 4.89. The summed E-state index contributed by atoms with van der Waals surface area (Å²) in [7, 11) is 0. The Hall–Kier alpha value is -0.850. The topological polar surface area (TPSA) is 12.9 Å². The molecular formula is C7H8N. The zero-order valence-corrected chi connectivity index (χ0v) is 4.89. The highest BCUT2D eigenvalue weighted by atomic mass is 14.6. The Balaban J connectivity index is 3.08. The summed E-state index contributed by atoms with van der Waals surface area (Å²) in [5.74, 6) is 0. The van der Waals surface area contributed by atoms with E-state index in [4.69, 9.17) is 0 Å². The van der Waals surface area contributed by atoms with Crippen molar-refractivity contribution in [3.63, 3.8) is 0 Å². The van der Waals surface area contributed by atoms with Crippen LogP contribution >= 0.6 is 0 Å². The minimum absolute atomic E-state index is 1.03. The summed E-state index contributed by atoms with van der Waals surface area (Å²) in [5.41, 5.74) is 2.05. The van der Waals surface area contributed by atoms with Gasteiger partial charge in [0.15, 0.2) is 0 Å². The zero-order chi connectivity index (χ0) is 5.98. The van der Waals surface area contributed by atoms with Gasteiger partial charge in [-0.3, -0.25) is 4.98 Å². The summed E-state index contributed by atoms with van der Waals surface area (Å²) in [5, 5.41) is 0. The predicted molar refractivity (Wildman–Crippen MR) is 33.4 cm³/mol. The van der Waals surface area contributed by atoms with E-state index in [0.717, 1.165) is 11.3 Å². The summed E-state index contributed by atoms with van der Waals surface area (Å²) in [6.07, 6.45) is 1.76. The van der Waals surface area contributed by atoms with Gasteiger partial charge in [0.1, 0.15) is 0 Å². The molecule has 0 fully saturated rings. The van der Waals surface area contributed by atoms with E-state index < -0.39 is 0 Å². The molecule has 1 rings (SSSR count). The predicted octanol–water partition coefficient (Wildman–Crippen LogP) is 1.57. The van der Waals surface area contributed by atoms with Crippen molar-refractivity contribution < 1.29 is 0 Å². The van der Waals surface area contributed by atoms with E-state index in [1.165, 1.54) is 0 Å². The summed E-state index contributed by atoms with van der Waals surface area (Å²) in [6, 6.07) is 3.83. The van der Waals surface area contributed by atoms with Gasteiger partial charge in [-0.15, -0.1) is 0 Å². The third-order valence-electron chi connectivity index (χ3n) is 0.961. The van der Waals surface area contributed by atoms with Gasteiger partial charge in [-0.2, -0.15) is 0 Å². The van der Waals surface area contributed by atoms with Crippen LogP contribution in [0.5, 0.6) is 0 Å². The lowest BCUT2D eigenvalue weighted by atomic mass is 10.3. The maximum Gasteiger partial charge on any atom is 0.0375 e. The smallest absolute Gasteiger partial charge is 0.0375 e. The Labute approximate surface area is 49.4 Å². The van der Waals surface area contributed by atoms with Gasteiger partial charge in [0, 0.05) is 11.9 Å². The molecule has 1 aromatic rings. The SMILES string of the molecule is [CH2]c1ccnc(C)c1. The van der Waals surface area contributed by atoms with Gasteiger partial charge >= 0.3 is 0 Å². The standard InChI is InChI=1S/C7H8N/c1-6-3-4-8-7(2)5-6/h3-5H,1H2,2H3. The fraction of sp³-hybridized carbons (Fsp3) is 0.143. The minimum Gasteiger partial charge on any atom is -0.262 e. The second-order valence-corrected chi connectivity index (χ2v) is 1.81. The maximum absolute atomic E-state index is 4.00. The fourth-order valence-electron chi connectivity index (χ4n) is 0.604. The molecule has 0 aromatic carbocycles. The molecule has 0 atom stereocenters. The Morgan fingerprint density at radius 2 is 2.38 bits per heavy atom. The van der Waals surface area contributed by atoms with Crippen molar-refractivity contribution in [2.75, 3.05) is 0 Å². The van der Waals surface area contributed by atoms with Crippen molar-refractivity contribution in [1.29, 1.82) is 0 Å². The molecule has 0 saturated carbocycles. The summed E-state index contributed by atoms with van der Waals surface area (Å²) in [4.78, 5) is 4.00. The first kappa shape index (κ1) is 5.29. The van der Waals surface area contributed by atoms with Crippen LogP contribution in [0.15, 0.2) is 18.3 Å². The molecule has 8 heavy (non-hydrogen) atoms. The molecule has 1 heteroatoms. The van der Waals surface area contributed by atoms with Gasteiger partial charge < -0.3 is 0 Å². The monoisotopic (exact) mass is 106 g/mol. The van der Waals surface area contributed by atoms with E-state index in [1.807, 2.05) is 19.1 Å². The second-order valence-electron chi connectivity index (χ2n) is 1.81. The van der Waals surface area contributed by atoms with Crippen LogP contribution in [0.1, 0.15) is 11.3 Å². The lowest BCUT2D eigenvalue weighted by Gasteiger charge is -1.89. The van der Waals surface area contributed by atoms with Crippen molar-refractivity contribution in [2.24, 2.45) is 0 Å². The molecule has 0 amide bonds. The first-order chi connectivity index (χ1) is 3.79. The molecule has 0 aliphatic carbocycles. The van der Waals surface area contributed by atoms with Crippen LogP contribution in [-0.4, -0.2) is 4.98 Å². The average Bonchev–Trinajstić information content (AvgIpc) is 1.64. The van der Waals surface area contributed by atoms with Crippen molar-refractivity contribution in [3.05, 3.63) is 36.5 Å². The molecule has 0 saturated heterocycles. The molecule has 1 aromatic heterocycles. The molecule has 0 unspecified atom stereocenters. The van der Waals surface area contributed by atoms with Crippen LogP contribution in [0, 0.1) is 13.8 Å². The lowest BCUT2D eigenvalue weighted by Crippen LogP contribution is -1.78. The van der Waals surface area contributed by atoms with Crippen molar-refractivity contribution >= 4 is 0 Å². The van der Waals surface area contributed by atoms with Gasteiger partial charge in [0.05, 0.1) is 0 Å². The van der Waals surface area contributed by atoms with E-state index in [0.29, 0.717) is 0 Å². The van der Waals surface area contributed by atoms with Gasteiger partial charge in [-0.05, 0) is 31.5 Å². The summed E-state index contributed by atoms with van der Waals surface area (Å²) < 4.78 is 0. The van der Waals surface area contributed by atoms with Crippen molar-refractivity contribution in [1.82, 2.24) is 4.98 Å². The van der Waals surface area contributed by atoms with Crippen molar-refractivity contribution in [3.8, 4) is 0 Å². The van der Waals surface area contributed by atoms with Gasteiger partial charge in [-0.25, -0.2) is 0 Å². The molecule has 1 heterocycles. The minimum atomic E-state index is 1.03. The van der Waals surface area contributed by atoms with E-state index >= 15 is 0 Å². The number of hydrogen-bond donors (Lipinski definition) is 0. The van der Waals surface area contributed by atoms with Crippen molar-refractivity contribution in [2.45, 2.75) is 6.92 Å². The summed E-state index contributed by atoms with van der Waals surface area (Å²) in [6.45, 7) is 5.69. The number of rotatable bonds is 0. The molecule has 0 N–H and O–H groups in total. The first-order valence-electron chi connectivity index (χ1n) is 2.53. The number of pyridine rings is 1. The molecule has 0 spiro atoms. The number of aryl methyl sites for hydroxylation is 1. The van der Waals surface area contributed by atoms with Crippen LogP contribution in [0.25, 0.3) is 0 Å². The van der Waals surface area contributed by atoms with Gasteiger partial charge in [0.2, 0.25) is 0 Å². The molecule has 1 nitrogen and oxygen atoms in total. The second kappa shape index (κ2) is 1.95. The number of nitrogens with zero attached hydrogens (tertiary/aromatic N) is 1. The summed E-state index contributed by atoms with van der Waals surface area (Å²) >= 11 is 0. The maximum atomic E-state index is 4.00. The number of aromatic nitrogens is 1. The normalized spacial score (nSPS) is 9.25. The Kier molecular flexibility index (Phi) is 1.29. The van der Waals surface area contributed by atoms with Crippen LogP contribution < -0.4 is 0 Å². The van der Waals surface area contributed by atoms with E-state index in [2.05, 4.69) is 11.9 Å². The molecule has 1 radical (unpaired) electrons. The largest absolute Gasteiger partial charge is 0.262 e. The molecular weight excluding hydrogens is 98.1 g/mol. The highest BCUT2D eigenvalue weighted by molar-refractivity contribution is 5.17. The average molecular weight is 106 g/mol. The highest BCUT2D eigenvalue weighted by Gasteiger charge is 1.82. The Morgan fingerprint density at radius 1 is 1.62 bits per heavy atom. The Bertz CT molecular complexity index is 164. The third kappa shape index (κ3) is 1.06. The van der Waals surface area contributed by atoms with E-state index in [1.54, 1.807) is 6.20 Å². The highest BCUT2D eigenvalue weighted by Crippen LogP contribution is 1.95. The van der Waals surface area contributed by atoms with Gasteiger partial charge in [-0.1, -0.05) is 0 Å². The van der Waals surface area contributed by atoms with Crippen LogP contribution in [-0.2, 0) is 0 Å². The quantitative estimate of drug-likeness (QED) is 0.489.